The summed E-state index contributed by atoms with van der Waals surface area (Å²) in [5.41, 5.74) is 9.46. The highest BCUT2D eigenvalue weighted by molar-refractivity contribution is 5.79. The van der Waals surface area contributed by atoms with Crippen molar-refractivity contribution in [3.8, 4) is 22.6 Å². The van der Waals surface area contributed by atoms with Crippen LogP contribution in [0.3, 0.4) is 0 Å². The van der Waals surface area contributed by atoms with E-state index in [1.807, 2.05) is 25.2 Å². The van der Waals surface area contributed by atoms with Crippen LogP contribution in [-0.4, -0.2) is 23.0 Å². The minimum absolute atomic E-state index is 0.525. The van der Waals surface area contributed by atoms with Gasteiger partial charge in [-0.15, -0.1) is 0 Å². The van der Waals surface area contributed by atoms with Crippen LogP contribution in [0, 0.1) is 5.92 Å². The molecule has 2 heterocycles. The molecular weight excluding hydrogens is 266 g/mol. The SMILES string of the molecule is CC1CC1c1nn(C)c(N)c1-c1ccc2c(c1)OCCO2. The van der Waals surface area contributed by atoms with E-state index in [9.17, 15) is 0 Å². The average Bonchev–Trinajstić information content (AvgIpc) is 3.15. The Bertz CT molecular complexity index is 708. The zero-order chi connectivity index (χ0) is 14.6. The van der Waals surface area contributed by atoms with Gasteiger partial charge in [-0.25, -0.2) is 0 Å². The molecule has 0 saturated heterocycles. The molecule has 1 aliphatic heterocycles. The van der Waals surface area contributed by atoms with E-state index in [2.05, 4.69) is 12.0 Å². The van der Waals surface area contributed by atoms with E-state index < -0.39 is 0 Å². The first-order valence-corrected chi connectivity index (χ1v) is 7.37. The molecule has 0 spiro atoms. The van der Waals surface area contributed by atoms with Crippen molar-refractivity contribution in [3.05, 3.63) is 23.9 Å². The lowest BCUT2D eigenvalue weighted by molar-refractivity contribution is 0.171. The second-order valence-corrected chi connectivity index (χ2v) is 5.95. The van der Waals surface area contributed by atoms with Crippen molar-refractivity contribution < 1.29 is 9.47 Å². The van der Waals surface area contributed by atoms with Crippen LogP contribution < -0.4 is 15.2 Å². The first kappa shape index (κ1) is 12.6. The van der Waals surface area contributed by atoms with Gasteiger partial charge in [0.15, 0.2) is 11.5 Å². The van der Waals surface area contributed by atoms with Crippen LogP contribution in [0.25, 0.3) is 11.1 Å². The maximum atomic E-state index is 6.25. The Morgan fingerprint density at radius 2 is 1.95 bits per heavy atom. The third-order valence-electron chi connectivity index (χ3n) is 4.41. The molecule has 2 N–H and O–H groups in total. The van der Waals surface area contributed by atoms with Crippen molar-refractivity contribution in [2.45, 2.75) is 19.3 Å². The van der Waals surface area contributed by atoms with Crippen molar-refractivity contribution in [2.75, 3.05) is 18.9 Å². The molecule has 5 heteroatoms. The van der Waals surface area contributed by atoms with Crippen LogP contribution in [-0.2, 0) is 7.05 Å². The summed E-state index contributed by atoms with van der Waals surface area (Å²) >= 11 is 0. The third kappa shape index (κ3) is 1.95. The molecule has 1 saturated carbocycles. The van der Waals surface area contributed by atoms with Gasteiger partial charge in [-0.2, -0.15) is 5.10 Å². The van der Waals surface area contributed by atoms with Gasteiger partial charge in [0.2, 0.25) is 0 Å². The zero-order valence-corrected chi connectivity index (χ0v) is 12.3. The molecule has 5 nitrogen and oxygen atoms in total. The van der Waals surface area contributed by atoms with E-state index >= 15 is 0 Å². The number of nitrogens with two attached hydrogens (primary N) is 1. The average molecular weight is 285 g/mol. The van der Waals surface area contributed by atoms with E-state index in [0.29, 0.717) is 30.9 Å². The highest BCUT2D eigenvalue weighted by Gasteiger charge is 2.39. The van der Waals surface area contributed by atoms with Crippen molar-refractivity contribution in [1.29, 1.82) is 0 Å². The largest absolute Gasteiger partial charge is 0.486 e. The summed E-state index contributed by atoms with van der Waals surface area (Å²) in [5.74, 6) is 3.51. The van der Waals surface area contributed by atoms with Gasteiger partial charge in [0.1, 0.15) is 19.0 Å². The molecule has 1 fully saturated rings. The molecule has 2 aromatic rings. The van der Waals surface area contributed by atoms with Crippen LogP contribution >= 0.6 is 0 Å². The molecule has 0 radical (unpaired) electrons. The Morgan fingerprint density at radius 1 is 1.24 bits per heavy atom. The van der Waals surface area contributed by atoms with Crippen LogP contribution in [0.2, 0.25) is 0 Å². The van der Waals surface area contributed by atoms with Gasteiger partial charge in [0, 0.05) is 18.5 Å². The number of hydrogen-bond acceptors (Lipinski definition) is 4. The number of aromatic nitrogens is 2. The second-order valence-electron chi connectivity index (χ2n) is 5.95. The Morgan fingerprint density at radius 3 is 2.67 bits per heavy atom. The van der Waals surface area contributed by atoms with Gasteiger partial charge < -0.3 is 15.2 Å². The number of hydrogen-bond donors (Lipinski definition) is 1. The van der Waals surface area contributed by atoms with Gasteiger partial charge in [-0.05, 0) is 30.0 Å². The van der Waals surface area contributed by atoms with Crippen LogP contribution in [0.15, 0.2) is 18.2 Å². The molecule has 4 rings (SSSR count). The van der Waals surface area contributed by atoms with Crippen LogP contribution in [0.1, 0.15) is 25.0 Å². The topological polar surface area (TPSA) is 62.3 Å². The number of rotatable bonds is 2. The van der Waals surface area contributed by atoms with Gasteiger partial charge in [-0.1, -0.05) is 13.0 Å². The third-order valence-corrected chi connectivity index (χ3v) is 4.41. The highest BCUT2D eigenvalue weighted by Crippen LogP contribution is 2.51. The fourth-order valence-electron chi connectivity index (χ4n) is 3.02. The lowest BCUT2D eigenvalue weighted by Gasteiger charge is -2.19. The predicted molar refractivity (Wildman–Crippen MR) is 80.6 cm³/mol. The summed E-state index contributed by atoms with van der Waals surface area (Å²) in [6.45, 7) is 3.45. The Kier molecular flexibility index (Phi) is 2.64. The minimum Gasteiger partial charge on any atom is -0.486 e. The normalized spacial score (nSPS) is 23.1. The van der Waals surface area contributed by atoms with E-state index in [4.69, 9.17) is 15.2 Å². The summed E-state index contributed by atoms with van der Waals surface area (Å²) in [6, 6.07) is 6.01. The van der Waals surface area contributed by atoms with Crippen LogP contribution in [0.5, 0.6) is 11.5 Å². The standard InChI is InChI=1S/C16H19N3O2/c1-9-7-11(9)15-14(16(17)19(2)18-15)10-3-4-12-13(8-10)21-6-5-20-12/h3-4,8-9,11H,5-7,17H2,1-2H3. The summed E-state index contributed by atoms with van der Waals surface area (Å²) in [5, 5.41) is 4.63. The Labute approximate surface area is 123 Å². The number of anilines is 1. The zero-order valence-electron chi connectivity index (χ0n) is 12.3. The van der Waals surface area contributed by atoms with Crippen molar-refractivity contribution >= 4 is 5.82 Å². The number of aryl methyl sites for hydroxylation is 1. The van der Waals surface area contributed by atoms with E-state index in [1.54, 1.807) is 4.68 Å². The first-order chi connectivity index (χ1) is 10.1. The van der Waals surface area contributed by atoms with Gasteiger partial charge >= 0.3 is 0 Å². The van der Waals surface area contributed by atoms with E-state index in [0.717, 1.165) is 28.3 Å². The summed E-state index contributed by atoms with van der Waals surface area (Å²) in [4.78, 5) is 0. The van der Waals surface area contributed by atoms with Gasteiger partial charge in [0.25, 0.3) is 0 Å². The monoisotopic (exact) mass is 285 g/mol. The lowest BCUT2D eigenvalue weighted by Crippen LogP contribution is -2.15. The molecule has 0 amide bonds. The molecule has 2 atom stereocenters. The molecule has 21 heavy (non-hydrogen) atoms. The summed E-state index contributed by atoms with van der Waals surface area (Å²) in [6.07, 6.45) is 1.19. The molecule has 1 aromatic heterocycles. The second kappa shape index (κ2) is 4.41. The number of fused-ring (bicyclic) bond motifs is 1. The highest BCUT2D eigenvalue weighted by atomic mass is 16.6. The maximum Gasteiger partial charge on any atom is 0.161 e. The molecule has 1 aromatic carbocycles. The molecule has 110 valence electrons. The first-order valence-electron chi connectivity index (χ1n) is 7.37. The molecule has 1 aliphatic carbocycles. The molecule has 0 bridgehead atoms. The van der Waals surface area contributed by atoms with Crippen molar-refractivity contribution in [1.82, 2.24) is 9.78 Å². The Balaban J connectivity index is 1.83. The van der Waals surface area contributed by atoms with Gasteiger partial charge in [-0.3, -0.25) is 4.68 Å². The fraction of sp³-hybridized carbons (Fsp3) is 0.438. The number of ether oxygens (including phenoxy) is 2. The van der Waals surface area contributed by atoms with E-state index in [1.165, 1.54) is 6.42 Å². The molecule has 2 aliphatic rings. The van der Waals surface area contributed by atoms with Crippen molar-refractivity contribution in [2.24, 2.45) is 13.0 Å². The fourth-order valence-corrected chi connectivity index (χ4v) is 3.02. The maximum absolute atomic E-state index is 6.25. The quantitative estimate of drug-likeness (QED) is 0.921. The number of nitrogen functional groups attached to an aromatic ring is 1. The minimum atomic E-state index is 0.525. The smallest absolute Gasteiger partial charge is 0.161 e. The summed E-state index contributed by atoms with van der Waals surface area (Å²) in [7, 11) is 1.90. The summed E-state index contributed by atoms with van der Waals surface area (Å²) < 4.78 is 13.0. The van der Waals surface area contributed by atoms with Gasteiger partial charge in [0.05, 0.1) is 5.69 Å². The number of nitrogens with zero attached hydrogens (tertiary/aromatic N) is 2. The molecular formula is C16H19N3O2. The van der Waals surface area contributed by atoms with Crippen LogP contribution in [0.4, 0.5) is 5.82 Å². The van der Waals surface area contributed by atoms with E-state index in [-0.39, 0.29) is 0 Å². The predicted octanol–water partition coefficient (Wildman–Crippen LogP) is 2.56. The number of benzene rings is 1. The molecule has 2 unspecified atom stereocenters. The van der Waals surface area contributed by atoms with Crippen molar-refractivity contribution in [3.63, 3.8) is 0 Å². The Hall–Kier alpha value is -2.17. The lowest BCUT2D eigenvalue weighted by atomic mass is 10.0.